The Morgan fingerprint density at radius 2 is 1.92 bits per heavy atom. The van der Waals surface area contributed by atoms with E-state index in [1.165, 1.54) is 0 Å². The maximum Gasteiger partial charge on any atom is 0.193 e. The molecule has 0 spiro atoms. The molecule has 1 aromatic carbocycles. The van der Waals surface area contributed by atoms with Crippen LogP contribution in [-0.2, 0) is 11.3 Å². The first-order valence-electron chi connectivity index (χ1n) is 8.33. The van der Waals surface area contributed by atoms with Gasteiger partial charge in [0.25, 0.3) is 0 Å². The van der Waals surface area contributed by atoms with E-state index in [0.29, 0.717) is 0 Å². The average molecular weight is 449 g/mol. The number of guanidine groups is 1. The molecule has 0 saturated heterocycles. The van der Waals surface area contributed by atoms with Gasteiger partial charge >= 0.3 is 0 Å². The highest BCUT2D eigenvalue weighted by molar-refractivity contribution is 14.0. The Morgan fingerprint density at radius 3 is 2.58 bits per heavy atom. The summed E-state index contributed by atoms with van der Waals surface area (Å²) in [6.07, 6.45) is 3.33. The number of nitrogens with one attached hydrogen (secondary N) is 1. The number of hydrogen-bond donors (Lipinski definition) is 1. The zero-order valence-corrected chi connectivity index (χ0v) is 17.7. The predicted molar refractivity (Wildman–Crippen MR) is 112 cm³/mol. The van der Waals surface area contributed by atoms with Crippen LogP contribution >= 0.6 is 24.0 Å². The number of rotatable bonds is 10. The first kappa shape index (κ1) is 23.0. The summed E-state index contributed by atoms with van der Waals surface area (Å²) in [5.74, 6) is 1.85. The summed E-state index contributed by atoms with van der Waals surface area (Å²) in [6.45, 7) is 5.38. The van der Waals surface area contributed by atoms with E-state index < -0.39 is 0 Å². The Bertz CT molecular complexity index is 469. The number of aliphatic imine (C=N–C) groups is 1. The van der Waals surface area contributed by atoms with Crippen LogP contribution in [0.1, 0.15) is 31.7 Å². The molecule has 0 atom stereocenters. The fraction of sp³-hybridized carbons (Fsp3) is 0.611. The van der Waals surface area contributed by atoms with Crippen LogP contribution in [0.4, 0.5) is 0 Å². The molecule has 0 fully saturated rings. The van der Waals surface area contributed by atoms with Gasteiger partial charge in [-0.2, -0.15) is 0 Å². The Kier molecular flexibility index (Phi) is 13.7. The molecule has 0 amide bonds. The molecule has 0 unspecified atom stereocenters. The van der Waals surface area contributed by atoms with Crippen molar-refractivity contribution in [3.05, 3.63) is 29.8 Å². The van der Waals surface area contributed by atoms with E-state index in [0.717, 1.165) is 62.8 Å². The van der Waals surface area contributed by atoms with E-state index >= 15 is 0 Å². The van der Waals surface area contributed by atoms with Crippen molar-refractivity contribution in [2.24, 2.45) is 4.99 Å². The molecule has 0 radical (unpaired) electrons. The summed E-state index contributed by atoms with van der Waals surface area (Å²) in [5.41, 5.74) is 1.16. The normalized spacial score (nSPS) is 10.9. The van der Waals surface area contributed by atoms with Gasteiger partial charge in [0.05, 0.1) is 7.11 Å². The van der Waals surface area contributed by atoms with Crippen LogP contribution in [0.3, 0.4) is 0 Å². The lowest BCUT2D eigenvalue weighted by molar-refractivity contribution is 0.192. The van der Waals surface area contributed by atoms with Crippen LogP contribution in [0, 0.1) is 0 Å². The van der Waals surface area contributed by atoms with Crippen LogP contribution in [0.25, 0.3) is 0 Å². The molecule has 0 aromatic heterocycles. The van der Waals surface area contributed by atoms with Crippen LogP contribution in [0.15, 0.2) is 29.3 Å². The molecular formula is C18H32IN3O2. The number of halogens is 1. The first-order valence-corrected chi connectivity index (χ1v) is 8.33. The molecule has 1 rings (SSSR count). The SMILES string of the molecule is CCNC(=NCCCCCOC)N(C)Cc1ccccc1OC.I. The van der Waals surface area contributed by atoms with Crippen molar-refractivity contribution < 1.29 is 9.47 Å². The Balaban J connectivity index is 0.00000529. The monoisotopic (exact) mass is 449 g/mol. The van der Waals surface area contributed by atoms with Crippen molar-refractivity contribution in [2.45, 2.75) is 32.7 Å². The summed E-state index contributed by atoms with van der Waals surface area (Å²) >= 11 is 0. The topological polar surface area (TPSA) is 46.1 Å². The number of benzene rings is 1. The zero-order chi connectivity index (χ0) is 16.9. The molecule has 0 aliphatic rings. The summed E-state index contributed by atoms with van der Waals surface area (Å²) < 4.78 is 10.5. The molecule has 5 nitrogen and oxygen atoms in total. The number of hydrogen-bond acceptors (Lipinski definition) is 3. The van der Waals surface area contributed by atoms with E-state index in [2.05, 4.69) is 30.3 Å². The summed E-state index contributed by atoms with van der Waals surface area (Å²) in [7, 11) is 5.51. The number of para-hydroxylation sites is 1. The lowest BCUT2D eigenvalue weighted by atomic mass is 10.2. The number of ether oxygens (including phenoxy) is 2. The second-order valence-corrected chi connectivity index (χ2v) is 5.46. The predicted octanol–water partition coefficient (Wildman–Crippen LogP) is 3.53. The molecule has 0 aliphatic heterocycles. The molecule has 1 N–H and O–H groups in total. The zero-order valence-electron chi connectivity index (χ0n) is 15.4. The fourth-order valence-corrected chi connectivity index (χ4v) is 2.35. The quantitative estimate of drug-likeness (QED) is 0.257. The van der Waals surface area contributed by atoms with Gasteiger partial charge in [-0.1, -0.05) is 18.2 Å². The highest BCUT2D eigenvalue weighted by Gasteiger charge is 2.09. The third-order valence-electron chi connectivity index (χ3n) is 3.56. The van der Waals surface area contributed by atoms with E-state index in [4.69, 9.17) is 14.5 Å². The van der Waals surface area contributed by atoms with Gasteiger partial charge in [0.15, 0.2) is 5.96 Å². The number of methoxy groups -OCH3 is 2. The summed E-state index contributed by atoms with van der Waals surface area (Å²) in [5, 5.41) is 3.35. The van der Waals surface area contributed by atoms with Gasteiger partial charge in [0.2, 0.25) is 0 Å². The van der Waals surface area contributed by atoms with E-state index in [9.17, 15) is 0 Å². The maximum atomic E-state index is 5.42. The molecule has 1 aromatic rings. The van der Waals surface area contributed by atoms with Gasteiger partial charge in [-0.25, -0.2) is 0 Å². The molecule has 0 bridgehead atoms. The van der Waals surface area contributed by atoms with Crippen LogP contribution in [0.2, 0.25) is 0 Å². The lowest BCUT2D eigenvalue weighted by Crippen LogP contribution is -2.38. The maximum absolute atomic E-state index is 5.42. The lowest BCUT2D eigenvalue weighted by Gasteiger charge is -2.23. The third-order valence-corrected chi connectivity index (χ3v) is 3.56. The fourth-order valence-electron chi connectivity index (χ4n) is 2.35. The summed E-state index contributed by atoms with van der Waals surface area (Å²) in [6, 6.07) is 8.10. The molecular weight excluding hydrogens is 417 g/mol. The number of unbranched alkanes of at least 4 members (excludes halogenated alkanes) is 2. The minimum absolute atomic E-state index is 0. The smallest absolute Gasteiger partial charge is 0.193 e. The average Bonchev–Trinajstić information content (AvgIpc) is 2.57. The van der Waals surface area contributed by atoms with Gasteiger partial charge < -0.3 is 19.7 Å². The van der Waals surface area contributed by atoms with Gasteiger partial charge in [-0.05, 0) is 32.3 Å². The van der Waals surface area contributed by atoms with E-state index in [1.807, 2.05) is 18.2 Å². The molecule has 0 saturated carbocycles. The minimum atomic E-state index is 0. The van der Waals surface area contributed by atoms with Crippen molar-refractivity contribution >= 4 is 29.9 Å². The molecule has 0 aliphatic carbocycles. The van der Waals surface area contributed by atoms with Crippen LogP contribution in [-0.4, -0.2) is 51.8 Å². The Labute approximate surface area is 163 Å². The van der Waals surface area contributed by atoms with Gasteiger partial charge in [-0.15, -0.1) is 24.0 Å². The number of nitrogens with zero attached hydrogens (tertiary/aromatic N) is 2. The second-order valence-electron chi connectivity index (χ2n) is 5.46. The van der Waals surface area contributed by atoms with Crippen LogP contribution in [0.5, 0.6) is 5.75 Å². The largest absolute Gasteiger partial charge is 0.496 e. The van der Waals surface area contributed by atoms with Gasteiger partial charge in [0, 0.05) is 46.0 Å². The highest BCUT2D eigenvalue weighted by atomic mass is 127. The van der Waals surface area contributed by atoms with Crippen molar-refractivity contribution in [3.63, 3.8) is 0 Å². The van der Waals surface area contributed by atoms with Crippen molar-refractivity contribution in [1.29, 1.82) is 0 Å². The minimum Gasteiger partial charge on any atom is -0.496 e. The van der Waals surface area contributed by atoms with Crippen LogP contribution < -0.4 is 10.1 Å². The van der Waals surface area contributed by atoms with Gasteiger partial charge in [0.1, 0.15) is 5.75 Å². The Hall–Kier alpha value is -1.02. The first-order chi connectivity index (χ1) is 11.2. The Morgan fingerprint density at radius 1 is 1.17 bits per heavy atom. The summed E-state index contributed by atoms with van der Waals surface area (Å²) in [4.78, 5) is 6.85. The van der Waals surface area contributed by atoms with Crippen molar-refractivity contribution in [1.82, 2.24) is 10.2 Å². The molecule has 6 heteroatoms. The van der Waals surface area contributed by atoms with Crippen molar-refractivity contribution in [2.75, 3.05) is 41.0 Å². The standard InChI is InChI=1S/C18H31N3O2.HI/c1-5-19-18(20-13-9-6-10-14-22-3)21(2)15-16-11-7-8-12-17(16)23-4;/h7-8,11-12H,5-6,9-10,13-15H2,1-4H3,(H,19,20);1H. The second kappa shape index (κ2) is 14.3. The van der Waals surface area contributed by atoms with E-state index in [-0.39, 0.29) is 24.0 Å². The van der Waals surface area contributed by atoms with E-state index in [1.54, 1.807) is 14.2 Å². The molecule has 24 heavy (non-hydrogen) atoms. The highest BCUT2D eigenvalue weighted by Crippen LogP contribution is 2.18. The van der Waals surface area contributed by atoms with Gasteiger partial charge in [-0.3, -0.25) is 4.99 Å². The molecule has 138 valence electrons. The third kappa shape index (κ3) is 8.73. The molecule has 0 heterocycles. The van der Waals surface area contributed by atoms with Crippen molar-refractivity contribution in [3.8, 4) is 5.75 Å².